The molecule has 208 valence electrons. The first-order chi connectivity index (χ1) is 19.2. The number of rotatable bonds is 9. The third-order valence-electron chi connectivity index (χ3n) is 7.43. The van der Waals surface area contributed by atoms with Crippen LogP contribution >= 0.6 is 0 Å². The van der Waals surface area contributed by atoms with Gasteiger partial charge in [-0.25, -0.2) is 17.1 Å². The van der Waals surface area contributed by atoms with Crippen molar-refractivity contribution in [3.05, 3.63) is 101 Å². The van der Waals surface area contributed by atoms with Crippen LogP contribution in [0.4, 0.5) is 4.39 Å². The minimum atomic E-state index is -4.24. The van der Waals surface area contributed by atoms with Gasteiger partial charge in [0.05, 0.1) is 5.56 Å². The van der Waals surface area contributed by atoms with Crippen LogP contribution < -0.4 is 5.32 Å². The average Bonchev–Trinajstić information content (AvgIpc) is 3.53. The summed E-state index contributed by atoms with van der Waals surface area (Å²) in [6.45, 7) is -0.844. The average molecular weight is 564 g/mol. The second-order valence-corrected chi connectivity index (χ2v) is 12.0. The molecule has 0 saturated heterocycles. The summed E-state index contributed by atoms with van der Waals surface area (Å²) in [7, 11) is -4.24. The van der Waals surface area contributed by atoms with E-state index in [1.54, 1.807) is 6.07 Å². The van der Waals surface area contributed by atoms with Crippen LogP contribution in [0, 0.1) is 5.82 Å². The molecule has 1 aliphatic heterocycles. The maximum Gasteiger partial charge on any atom is 0.269 e. The Morgan fingerprint density at radius 2 is 1.57 bits per heavy atom. The fraction of sp³-hybridized carbons (Fsp3) is 0.300. The van der Waals surface area contributed by atoms with E-state index >= 15 is 0 Å². The van der Waals surface area contributed by atoms with E-state index in [0.717, 1.165) is 31.2 Å². The number of sulfonamides is 1. The van der Waals surface area contributed by atoms with Gasteiger partial charge in [-0.2, -0.15) is 0 Å². The molecule has 1 N–H and O–H groups in total. The second kappa shape index (κ2) is 11.6. The van der Waals surface area contributed by atoms with Gasteiger partial charge in [0, 0.05) is 19.0 Å². The van der Waals surface area contributed by atoms with Crippen molar-refractivity contribution in [3.8, 4) is 0 Å². The lowest BCUT2D eigenvalue weighted by atomic mass is 10.0. The fourth-order valence-corrected chi connectivity index (χ4v) is 6.83. The van der Waals surface area contributed by atoms with Crippen LogP contribution in [0.15, 0.2) is 83.8 Å². The molecule has 8 nitrogen and oxygen atoms in total. The van der Waals surface area contributed by atoms with Gasteiger partial charge in [0.25, 0.3) is 15.9 Å². The summed E-state index contributed by atoms with van der Waals surface area (Å²) >= 11 is 0. The van der Waals surface area contributed by atoms with Crippen LogP contribution in [0.25, 0.3) is 0 Å². The number of benzene rings is 3. The summed E-state index contributed by atoms with van der Waals surface area (Å²) in [5.74, 6) is -2.31. The van der Waals surface area contributed by atoms with Gasteiger partial charge in [-0.1, -0.05) is 67.4 Å². The maximum absolute atomic E-state index is 13.9. The zero-order valence-corrected chi connectivity index (χ0v) is 22.6. The molecule has 2 aliphatic rings. The number of carbonyl (C=O) groups excluding carboxylic acids is 3. The van der Waals surface area contributed by atoms with Crippen LogP contribution in [0.3, 0.4) is 0 Å². The van der Waals surface area contributed by atoms with Gasteiger partial charge in [0.1, 0.15) is 23.3 Å². The monoisotopic (exact) mass is 563 g/mol. The molecule has 1 saturated carbocycles. The highest BCUT2D eigenvalue weighted by Crippen LogP contribution is 2.30. The van der Waals surface area contributed by atoms with Crippen LogP contribution in [-0.4, -0.2) is 54.0 Å². The van der Waals surface area contributed by atoms with Crippen molar-refractivity contribution >= 4 is 27.7 Å². The number of nitrogens with one attached hydrogen (secondary N) is 1. The largest absolute Gasteiger partial charge is 0.352 e. The first kappa shape index (κ1) is 27.5. The molecule has 0 aromatic heterocycles. The molecule has 3 aromatic carbocycles. The number of fused-ring (bicyclic) bond motifs is 1. The van der Waals surface area contributed by atoms with Crippen LogP contribution in [-0.2, 0) is 32.6 Å². The van der Waals surface area contributed by atoms with Crippen LogP contribution in [0.2, 0.25) is 0 Å². The molecular formula is C30H30FN3O5S. The molecule has 0 bridgehead atoms. The van der Waals surface area contributed by atoms with Crippen molar-refractivity contribution in [1.82, 2.24) is 14.5 Å². The minimum absolute atomic E-state index is 0.000182. The molecule has 3 aromatic rings. The van der Waals surface area contributed by atoms with Crippen molar-refractivity contribution in [2.75, 3.05) is 6.54 Å². The zero-order chi connectivity index (χ0) is 28.3. The summed E-state index contributed by atoms with van der Waals surface area (Å²) in [4.78, 5) is 41.9. The lowest BCUT2D eigenvalue weighted by Gasteiger charge is -2.33. The summed E-state index contributed by atoms with van der Waals surface area (Å²) in [6.07, 6.45) is 3.86. The second-order valence-electron chi connectivity index (χ2n) is 10.2. The van der Waals surface area contributed by atoms with Crippen molar-refractivity contribution in [3.63, 3.8) is 0 Å². The number of amides is 3. The molecule has 1 atom stereocenters. The minimum Gasteiger partial charge on any atom is -0.352 e. The number of hydrogen-bond acceptors (Lipinski definition) is 5. The van der Waals surface area contributed by atoms with E-state index < -0.39 is 40.2 Å². The van der Waals surface area contributed by atoms with E-state index in [4.69, 9.17) is 0 Å². The van der Waals surface area contributed by atoms with E-state index in [2.05, 4.69) is 5.32 Å². The van der Waals surface area contributed by atoms with E-state index in [0.29, 0.717) is 9.87 Å². The molecule has 1 heterocycles. The number of hydrogen-bond donors (Lipinski definition) is 1. The summed E-state index contributed by atoms with van der Waals surface area (Å²) in [5.41, 5.74) is 1.36. The van der Waals surface area contributed by atoms with E-state index in [-0.39, 0.29) is 35.4 Å². The molecule has 0 spiro atoms. The highest BCUT2D eigenvalue weighted by atomic mass is 32.2. The standard InChI is InChI=1S/C30H30FN3O5S/c31-23-16-14-22(15-17-23)19-33(28(35)20-34-30(37)25-12-6-7-13-27(25)40(34,38)39)26(18-21-8-2-1-3-9-21)29(36)32-24-10-4-5-11-24/h1-3,6-9,12-17,24,26H,4-5,10-11,18-20H2,(H,32,36)/t26-/m0/s1. The Morgan fingerprint density at radius 1 is 0.925 bits per heavy atom. The lowest BCUT2D eigenvalue weighted by molar-refractivity contribution is -0.141. The number of halogens is 1. The lowest BCUT2D eigenvalue weighted by Crippen LogP contribution is -2.54. The predicted octanol–water partition coefficient (Wildman–Crippen LogP) is 3.67. The molecule has 3 amide bonds. The first-order valence-corrected chi connectivity index (χ1v) is 14.7. The van der Waals surface area contributed by atoms with Crippen molar-refractivity contribution < 1.29 is 27.2 Å². The Kier molecular flexibility index (Phi) is 7.97. The molecule has 1 aliphatic carbocycles. The van der Waals surface area contributed by atoms with E-state index in [1.165, 1.54) is 47.4 Å². The summed E-state index contributed by atoms with van der Waals surface area (Å²) < 4.78 is 40.6. The van der Waals surface area contributed by atoms with Gasteiger partial charge in [0.2, 0.25) is 11.8 Å². The van der Waals surface area contributed by atoms with Gasteiger partial charge < -0.3 is 10.2 Å². The Bertz CT molecular complexity index is 1510. The predicted molar refractivity (Wildman–Crippen MR) is 146 cm³/mol. The summed E-state index contributed by atoms with van der Waals surface area (Å²) in [6, 6.07) is 19.5. The normalized spacial score (nSPS) is 16.9. The SMILES string of the molecule is O=C(NC1CCCC1)[C@H](Cc1ccccc1)N(Cc1ccc(F)cc1)C(=O)CN1C(=O)c2ccccc2S1(=O)=O. The molecule has 40 heavy (non-hydrogen) atoms. The molecule has 1 fully saturated rings. The molecular weight excluding hydrogens is 533 g/mol. The number of carbonyl (C=O) groups is 3. The van der Waals surface area contributed by atoms with Crippen molar-refractivity contribution in [1.29, 1.82) is 0 Å². The molecule has 5 rings (SSSR count). The van der Waals surface area contributed by atoms with Crippen molar-refractivity contribution in [2.45, 2.75) is 55.6 Å². The molecule has 10 heteroatoms. The smallest absolute Gasteiger partial charge is 0.269 e. The third-order valence-corrected chi connectivity index (χ3v) is 9.22. The van der Waals surface area contributed by atoms with Crippen LogP contribution in [0.5, 0.6) is 0 Å². The Balaban J connectivity index is 1.49. The highest BCUT2D eigenvalue weighted by Gasteiger charge is 2.43. The Morgan fingerprint density at radius 3 is 2.25 bits per heavy atom. The molecule has 0 radical (unpaired) electrons. The molecule has 0 unspecified atom stereocenters. The van der Waals surface area contributed by atoms with Crippen molar-refractivity contribution in [2.24, 2.45) is 0 Å². The van der Waals surface area contributed by atoms with Gasteiger partial charge >= 0.3 is 0 Å². The Hall–Kier alpha value is -4.05. The fourth-order valence-electron chi connectivity index (χ4n) is 5.31. The van der Waals surface area contributed by atoms with Gasteiger partial charge in [0.15, 0.2) is 0 Å². The quantitative estimate of drug-likeness (QED) is 0.428. The Labute approximate surface area is 232 Å². The third kappa shape index (κ3) is 5.77. The topological polar surface area (TPSA) is 104 Å². The van der Waals surface area contributed by atoms with Crippen LogP contribution in [0.1, 0.15) is 47.2 Å². The van der Waals surface area contributed by atoms with E-state index in [1.807, 2.05) is 30.3 Å². The highest BCUT2D eigenvalue weighted by molar-refractivity contribution is 7.90. The zero-order valence-electron chi connectivity index (χ0n) is 21.8. The van der Waals surface area contributed by atoms with E-state index in [9.17, 15) is 27.2 Å². The van der Waals surface area contributed by atoms with Gasteiger partial charge in [-0.15, -0.1) is 0 Å². The van der Waals surface area contributed by atoms with Gasteiger partial charge in [-0.3, -0.25) is 14.4 Å². The number of nitrogens with zero attached hydrogens (tertiary/aromatic N) is 2. The first-order valence-electron chi connectivity index (χ1n) is 13.3. The maximum atomic E-state index is 13.9. The van der Waals surface area contributed by atoms with Gasteiger partial charge in [-0.05, 0) is 48.2 Å². The summed E-state index contributed by atoms with van der Waals surface area (Å²) in [5, 5.41) is 3.07.